The van der Waals surface area contributed by atoms with Crippen molar-refractivity contribution in [3.8, 4) is 22.3 Å². The molecule has 4 aromatic rings. The van der Waals surface area contributed by atoms with Crippen LogP contribution in [0.15, 0.2) is 42.4 Å². The fraction of sp³-hybridized carbons (Fsp3) is 0.364. The van der Waals surface area contributed by atoms with E-state index in [9.17, 15) is 13.2 Å². The number of aromatic nitrogens is 5. The number of nitrogens with zero attached hydrogens (tertiary/aromatic N) is 5. The zero-order valence-corrected chi connectivity index (χ0v) is 20.4. The average Bonchev–Trinajstić information content (AvgIpc) is 3.52. The number of thiophene rings is 1. The van der Waals surface area contributed by atoms with E-state index in [0.717, 1.165) is 47.8 Å². The van der Waals surface area contributed by atoms with Gasteiger partial charge in [0.05, 0.1) is 23.5 Å². The molecule has 0 bridgehead atoms. The summed E-state index contributed by atoms with van der Waals surface area (Å²) in [5, 5.41) is 13.6. The molecule has 2 N–H and O–H groups in total. The van der Waals surface area contributed by atoms with Crippen molar-refractivity contribution in [3.63, 3.8) is 0 Å². The Morgan fingerprint density at radius 2 is 1.82 bits per heavy atom. The van der Waals surface area contributed by atoms with E-state index in [0.29, 0.717) is 16.9 Å². The summed E-state index contributed by atoms with van der Waals surface area (Å²) in [7, 11) is -1.48. The van der Waals surface area contributed by atoms with Gasteiger partial charge in [-0.3, -0.25) is 9.48 Å². The Kier molecular flexibility index (Phi) is 5.96. The number of sulfonamides is 1. The van der Waals surface area contributed by atoms with Crippen LogP contribution < -0.4 is 10.0 Å². The lowest BCUT2D eigenvalue weighted by Crippen LogP contribution is -2.52. The highest BCUT2D eigenvalue weighted by molar-refractivity contribution is 7.88. The molecule has 1 saturated carbocycles. The molecule has 1 fully saturated rings. The van der Waals surface area contributed by atoms with Crippen LogP contribution in [-0.4, -0.2) is 57.0 Å². The number of aryl methyl sites for hydroxylation is 1. The van der Waals surface area contributed by atoms with Gasteiger partial charge in [0.25, 0.3) is 5.91 Å². The molecule has 178 valence electrons. The van der Waals surface area contributed by atoms with Gasteiger partial charge in [-0.2, -0.15) is 10.2 Å². The molecule has 0 radical (unpaired) electrons. The van der Waals surface area contributed by atoms with Crippen molar-refractivity contribution in [3.05, 3.63) is 47.3 Å². The Balaban J connectivity index is 1.34. The van der Waals surface area contributed by atoms with Crippen LogP contribution >= 0.6 is 11.3 Å². The van der Waals surface area contributed by atoms with Crippen LogP contribution in [0.2, 0.25) is 0 Å². The van der Waals surface area contributed by atoms with Gasteiger partial charge in [-0.05, 0) is 29.9 Å². The molecule has 12 heteroatoms. The first kappa shape index (κ1) is 22.7. The maximum absolute atomic E-state index is 13.0. The van der Waals surface area contributed by atoms with Gasteiger partial charge in [-0.1, -0.05) is 12.8 Å². The minimum atomic E-state index is -3.34. The zero-order chi connectivity index (χ0) is 23.9. The third-order valence-electron chi connectivity index (χ3n) is 5.98. The van der Waals surface area contributed by atoms with Crippen LogP contribution in [0.4, 0.5) is 0 Å². The van der Waals surface area contributed by atoms with Crippen molar-refractivity contribution in [1.82, 2.24) is 34.4 Å². The first-order chi connectivity index (χ1) is 16.3. The van der Waals surface area contributed by atoms with E-state index in [-0.39, 0.29) is 18.0 Å². The van der Waals surface area contributed by atoms with Crippen LogP contribution in [0.1, 0.15) is 35.4 Å². The smallest absolute Gasteiger partial charge is 0.261 e. The summed E-state index contributed by atoms with van der Waals surface area (Å²) in [6.07, 6.45) is 13.6. The van der Waals surface area contributed by atoms with Crippen LogP contribution in [0, 0.1) is 0 Å². The number of nitrogens with one attached hydrogen (secondary N) is 2. The Morgan fingerprint density at radius 1 is 1.06 bits per heavy atom. The maximum atomic E-state index is 13.0. The van der Waals surface area contributed by atoms with Crippen molar-refractivity contribution < 1.29 is 13.2 Å². The number of hydrogen-bond donors (Lipinski definition) is 2. The zero-order valence-electron chi connectivity index (χ0n) is 18.8. The van der Waals surface area contributed by atoms with Crippen LogP contribution in [0.3, 0.4) is 0 Å². The molecule has 0 aromatic carbocycles. The number of fused-ring (bicyclic) bond motifs is 1. The highest BCUT2D eigenvalue weighted by atomic mass is 32.2. The van der Waals surface area contributed by atoms with Gasteiger partial charge in [0.2, 0.25) is 10.0 Å². The van der Waals surface area contributed by atoms with Crippen LogP contribution in [0.25, 0.3) is 27.9 Å². The first-order valence-corrected chi connectivity index (χ1v) is 13.7. The summed E-state index contributed by atoms with van der Waals surface area (Å²) in [4.78, 5) is 18.1. The van der Waals surface area contributed by atoms with Gasteiger partial charge < -0.3 is 5.32 Å². The van der Waals surface area contributed by atoms with Gasteiger partial charge in [-0.15, -0.1) is 11.3 Å². The molecule has 2 atom stereocenters. The highest BCUT2D eigenvalue weighted by Crippen LogP contribution is 2.30. The number of carbonyl (C=O) groups is 1. The summed E-state index contributed by atoms with van der Waals surface area (Å²) in [6, 6.07) is 1.31. The SMILES string of the molecule is Cn1cc(-c2cnc3c(-c4csc(C(=O)N[C@H]5CCCC[C@@H]5NS(C)(=O)=O)c4)cnn3c2)cn1. The number of amides is 1. The second kappa shape index (κ2) is 8.93. The number of hydrogen-bond acceptors (Lipinski definition) is 7. The molecular formula is C22H25N7O3S2. The summed E-state index contributed by atoms with van der Waals surface area (Å²) in [6.45, 7) is 0. The molecule has 0 spiro atoms. The summed E-state index contributed by atoms with van der Waals surface area (Å²) in [5.74, 6) is -0.202. The van der Waals surface area contributed by atoms with Gasteiger partial charge in [0, 0.05) is 54.4 Å². The quantitative estimate of drug-likeness (QED) is 0.420. The summed E-state index contributed by atoms with van der Waals surface area (Å²) >= 11 is 1.34. The van der Waals surface area contributed by atoms with Crippen molar-refractivity contribution in [2.45, 2.75) is 37.8 Å². The van der Waals surface area contributed by atoms with Gasteiger partial charge in [0.15, 0.2) is 5.65 Å². The Morgan fingerprint density at radius 3 is 2.56 bits per heavy atom. The molecule has 10 nitrogen and oxygen atoms in total. The third kappa shape index (κ3) is 4.74. The fourth-order valence-corrected chi connectivity index (χ4v) is 6.00. The highest BCUT2D eigenvalue weighted by Gasteiger charge is 2.29. The van der Waals surface area contributed by atoms with E-state index in [4.69, 9.17) is 0 Å². The lowest BCUT2D eigenvalue weighted by molar-refractivity contribution is 0.0923. The van der Waals surface area contributed by atoms with Gasteiger partial charge in [-0.25, -0.2) is 22.6 Å². The molecule has 1 aliphatic rings. The van der Waals surface area contributed by atoms with Crippen molar-refractivity contribution in [2.24, 2.45) is 7.05 Å². The molecule has 1 amide bonds. The minimum Gasteiger partial charge on any atom is -0.347 e. The van der Waals surface area contributed by atoms with Crippen LogP contribution in [0.5, 0.6) is 0 Å². The minimum absolute atomic E-state index is 0.202. The molecule has 5 rings (SSSR count). The predicted molar refractivity (Wildman–Crippen MR) is 130 cm³/mol. The van der Waals surface area contributed by atoms with E-state index in [1.807, 2.05) is 30.9 Å². The van der Waals surface area contributed by atoms with Gasteiger partial charge in [0.1, 0.15) is 0 Å². The van der Waals surface area contributed by atoms with E-state index in [1.54, 1.807) is 27.8 Å². The Hall–Kier alpha value is -3.09. The third-order valence-corrected chi connectivity index (χ3v) is 7.64. The molecule has 0 saturated heterocycles. The van der Waals surface area contributed by atoms with E-state index in [1.165, 1.54) is 11.3 Å². The summed E-state index contributed by atoms with van der Waals surface area (Å²) < 4.78 is 29.5. The first-order valence-electron chi connectivity index (χ1n) is 11.0. The maximum Gasteiger partial charge on any atom is 0.261 e. The molecule has 0 aliphatic heterocycles. The molecular weight excluding hydrogens is 474 g/mol. The second-order valence-corrected chi connectivity index (χ2v) is 11.3. The normalized spacial score (nSPS) is 18.9. The predicted octanol–water partition coefficient (Wildman–Crippen LogP) is 2.45. The monoisotopic (exact) mass is 499 g/mol. The average molecular weight is 500 g/mol. The van der Waals surface area contributed by atoms with Crippen molar-refractivity contribution >= 4 is 32.9 Å². The molecule has 4 heterocycles. The van der Waals surface area contributed by atoms with E-state index < -0.39 is 10.0 Å². The molecule has 0 unspecified atom stereocenters. The van der Waals surface area contributed by atoms with Crippen molar-refractivity contribution in [1.29, 1.82) is 0 Å². The van der Waals surface area contributed by atoms with Gasteiger partial charge >= 0.3 is 0 Å². The Bertz CT molecular complexity index is 1450. The molecule has 1 aliphatic carbocycles. The largest absolute Gasteiger partial charge is 0.347 e. The standard InChI is InChI=1S/C22H25N7O3S2/c1-28-11-16(9-24-28)15-8-23-21-17(10-25-29(21)12-15)14-7-20(33-13-14)22(30)26-18-5-3-4-6-19(18)27-34(2,31)32/h7-13,18-19,27H,3-6H2,1-2H3,(H,26,30)/t18-,19-/m0/s1. The molecule has 4 aromatic heterocycles. The fourth-order valence-electron chi connectivity index (χ4n) is 4.35. The summed E-state index contributed by atoms with van der Waals surface area (Å²) in [5.41, 5.74) is 4.26. The number of rotatable bonds is 6. The lowest BCUT2D eigenvalue weighted by Gasteiger charge is -2.32. The molecule has 34 heavy (non-hydrogen) atoms. The topological polar surface area (TPSA) is 123 Å². The lowest BCUT2D eigenvalue weighted by atomic mass is 9.91. The van der Waals surface area contributed by atoms with E-state index >= 15 is 0 Å². The Labute approximate surface area is 201 Å². The second-order valence-electron chi connectivity index (χ2n) is 8.63. The number of carbonyl (C=O) groups excluding carboxylic acids is 1. The van der Waals surface area contributed by atoms with Crippen molar-refractivity contribution in [2.75, 3.05) is 6.26 Å². The van der Waals surface area contributed by atoms with E-state index in [2.05, 4.69) is 25.2 Å². The van der Waals surface area contributed by atoms with Crippen LogP contribution in [-0.2, 0) is 17.1 Å².